The number of anilines is 1. The first kappa shape index (κ1) is 8.01. The topological polar surface area (TPSA) is 20.6 Å². The molecule has 2 rings (SSSR count). The molecule has 0 spiro atoms. The summed E-state index contributed by atoms with van der Waals surface area (Å²) in [6.07, 6.45) is 1.88. The summed E-state index contributed by atoms with van der Waals surface area (Å²) in [6, 6.07) is 0. The van der Waals surface area contributed by atoms with E-state index in [2.05, 4.69) is 16.9 Å². The molecule has 0 aromatic carbocycles. The zero-order chi connectivity index (χ0) is 8.39. The largest absolute Gasteiger partial charge is 0.337 e. The van der Waals surface area contributed by atoms with E-state index in [-0.39, 0.29) is 0 Å². The molecule has 1 N–H and O–H groups in total. The van der Waals surface area contributed by atoms with E-state index in [1.807, 2.05) is 11.6 Å². The Labute approximate surface area is 76.6 Å². The van der Waals surface area contributed by atoms with Crippen molar-refractivity contribution in [2.75, 3.05) is 38.1 Å². The van der Waals surface area contributed by atoms with Crippen molar-refractivity contribution in [2.45, 2.75) is 0 Å². The van der Waals surface area contributed by atoms with Crippen LogP contribution in [-0.4, -0.2) is 38.2 Å². The summed E-state index contributed by atoms with van der Waals surface area (Å²) in [7, 11) is 2.25. The van der Waals surface area contributed by atoms with Crippen LogP contribution in [0.25, 0.3) is 0 Å². The van der Waals surface area contributed by atoms with Crippen LogP contribution in [0.3, 0.4) is 0 Å². The number of nitrogens with one attached hydrogen (secondary N) is 1. The standard InChI is InChI=1S/C8H13N3S/c1-10-3-5-11(6-4-10)8-9-2-7-12-8/h2,7H,3-6H2,1H3/p+1. The SMILES string of the molecule is C[NH+]1CCN(c2nccs2)CC1. The lowest BCUT2D eigenvalue weighted by molar-refractivity contribution is -0.880. The van der Waals surface area contributed by atoms with Gasteiger partial charge in [0.05, 0.1) is 33.2 Å². The van der Waals surface area contributed by atoms with Crippen LogP contribution in [0.1, 0.15) is 0 Å². The minimum absolute atomic E-state index is 1.15. The summed E-state index contributed by atoms with van der Waals surface area (Å²) >= 11 is 1.74. The Kier molecular flexibility index (Phi) is 2.28. The fraction of sp³-hybridized carbons (Fsp3) is 0.625. The minimum Gasteiger partial charge on any atom is -0.337 e. The van der Waals surface area contributed by atoms with Gasteiger partial charge < -0.3 is 9.80 Å². The van der Waals surface area contributed by atoms with Crippen LogP contribution in [-0.2, 0) is 0 Å². The number of aromatic nitrogens is 1. The molecule has 1 aromatic rings. The third-order valence-electron chi connectivity index (χ3n) is 2.31. The molecule has 1 saturated heterocycles. The van der Waals surface area contributed by atoms with Gasteiger partial charge in [-0.05, 0) is 0 Å². The van der Waals surface area contributed by atoms with Crippen LogP contribution >= 0.6 is 11.3 Å². The molecule has 1 aromatic heterocycles. The molecule has 1 aliphatic heterocycles. The van der Waals surface area contributed by atoms with E-state index in [1.165, 1.54) is 18.2 Å². The van der Waals surface area contributed by atoms with Crippen LogP contribution in [0.15, 0.2) is 11.6 Å². The van der Waals surface area contributed by atoms with E-state index >= 15 is 0 Å². The average Bonchev–Trinajstić information content (AvgIpc) is 2.58. The highest BCUT2D eigenvalue weighted by Crippen LogP contribution is 2.16. The van der Waals surface area contributed by atoms with E-state index in [0.717, 1.165) is 13.1 Å². The number of thiazole rings is 1. The Balaban J connectivity index is 1.99. The minimum atomic E-state index is 1.15. The van der Waals surface area contributed by atoms with E-state index < -0.39 is 0 Å². The van der Waals surface area contributed by atoms with Gasteiger partial charge in [0.1, 0.15) is 0 Å². The highest BCUT2D eigenvalue weighted by molar-refractivity contribution is 7.13. The fourth-order valence-corrected chi connectivity index (χ4v) is 2.15. The number of rotatable bonds is 1. The van der Waals surface area contributed by atoms with Crippen molar-refractivity contribution in [3.63, 3.8) is 0 Å². The molecule has 3 nitrogen and oxygen atoms in total. The summed E-state index contributed by atoms with van der Waals surface area (Å²) < 4.78 is 0. The zero-order valence-electron chi connectivity index (χ0n) is 7.29. The number of piperazine rings is 1. The molecule has 4 heteroatoms. The van der Waals surface area contributed by atoms with E-state index in [1.54, 1.807) is 16.2 Å². The van der Waals surface area contributed by atoms with Gasteiger partial charge in [-0.1, -0.05) is 0 Å². The summed E-state index contributed by atoms with van der Waals surface area (Å²) in [5.41, 5.74) is 0. The highest BCUT2D eigenvalue weighted by atomic mass is 32.1. The molecule has 1 aliphatic rings. The van der Waals surface area contributed by atoms with E-state index in [4.69, 9.17) is 0 Å². The maximum absolute atomic E-state index is 4.30. The van der Waals surface area contributed by atoms with Crippen molar-refractivity contribution in [3.05, 3.63) is 11.6 Å². The first-order chi connectivity index (χ1) is 5.86. The molecule has 0 amide bonds. The van der Waals surface area contributed by atoms with Crippen LogP contribution in [0.2, 0.25) is 0 Å². The lowest BCUT2D eigenvalue weighted by Crippen LogP contribution is -3.12. The predicted molar refractivity (Wildman–Crippen MR) is 50.9 cm³/mol. The van der Waals surface area contributed by atoms with Crippen LogP contribution in [0.5, 0.6) is 0 Å². The quantitative estimate of drug-likeness (QED) is 0.634. The predicted octanol–water partition coefficient (Wildman–Crippen LogP) is -0.522. The third kappa shape index (κ3) is 1.59. The van der Waals surface area contributed by atoms with Crippen molar-refractivity contribution < 1.29 is 4.90 Å². The average molecular weight is 184 g/mol. The molecule has 0 bridgehead atoms. The van der Waals surface area contributed by atoms with Gasteiger partial charge in [-0.15, -0.1) is 11.3 Å². The molecular weight excluding hydrogens is 170 g/mol. The van der Waals surface area contributed by atoms with Crippen molar-refractivity contribution >= 4 is 16.5 Å². The second-order valence-electron chi connectivity index (χ2n) is 3.26. The Morgan fingerprint density at radius 3 is 2.83 bits per heavy atom. The van der Waals surface area contributed by atoms with Gasteiger partial charge in [0.2, 0.25) is 0 Å². The molecular formula is C8H14N3S+. The highest BCUT2D eigenvalue weighted by Gasteiger charge is 2.17. The normalized spacial score (nSPS) is 19.9. The Hall–Kier alpha value is -0.610. The van der Waals surface area contributed by atoms with Gasteiger partial charge in [-0.2, -0.15) is 0 Å². The molecule has 0 atom stereocenters. The number of nitrogens with zero attached hydrogens (tertiary/aromatic N) is 2. The monoisotopic (exact) mass is 184 g/mol. The maximum atomic E-state index is 4.30. The van der Waals surface area contributed by atoms with Gasteiger partial charge in [0.25, 0.3) is 0 Å². The van der Waals surface area contributed by atoms with Crippen molar-refractivity contribution in [1.29, 1.82) is 0 Å². The van der Waals surface area contributed by atoms with Crippen LogP contribution in [0, 0.1) is 0 Å². The summed E-state index contributed by atoms with van der Waals surface area (Å²) in [5, 5.41) is 3.23. The third-order valence-corrected chi connectivity index (χ3v) is 3.14. The molecule has 66 valence electrons. The molecule has 12 heavy (non-hydrogen) atoms. The Morgan fingerprint density at radius 1 is 1.50 bits per heavy atom. The smallest absolute Gasteiger partial charge is 0.185 e. The Bertz CT molecular complexity index is 226. The van der Waals surface area contributed by atoms with E-state index in [9.17, 15) is 0 Å². The number of hydrogen-bond acceptors (Lipinski definition) is 3. The first-order valence-corrected chi connectivity index (χ1v) is 5.20. The van der Waals surface area contributed by atoms with Gasteiger partial charge in [0, 0.05) is 11.6 Å². The summed E-state index contributed by atoms with van der Waals surface area (Å²) in [6.45, 7) is 4.78. The Morgan fingerprint density at radius 2 is 2.25 bits per heavy atom. The fourth-order valence-electron chi connectivity index (χ4n) is 1.45. The number of likely N-dealkylation sites (N-methyl/N-ethyl adjacent to an activating group) is 1. The van der Waals surface area contributed by atoms with Gasteiger partial charge in [0.15, 0.2) is 5.13 Å². The van der Waals surface area contributed by atoms with E-state index in [0.29, 0.717) is 0 Å². The van der Waals surface area contributed by atoms with Crippen molar-refractivity contribution in [3.8, 4) is 0 Å². The molecule has 1 fully saturated rings. The molecule has 2 heterocycles. The lowest BCUT2D eigenvalue weighted by Gasteiger charge is -2.29. The molecule has 0 aliphatic carbocycles. The van der Waals surface area contributed by atoms with Crippen molar-refractivity contribution in [2.24, 2.45) is 0 Å². The summed E-state index contributed by atoms with van der Waals surface area (Å²) in [4.78, 5) is 8.30. The molecule has 0 saturated carbocycles. The second kappa shape index (κ2) is 3.41. The van der Waals surface area contributed by atoms with Gasteiger partial charge >= 0.3 is 0 Å². The zero-order valence-corrected chi connectivity index (χ0v) is 8.10. The molecule has 0 unspecified atom stereocenters. The van der Waals surface area contributed by atoms with Crippen molar-refractivity contribution in [1.82, 2.24) is 4.98 Å². The molecule has 0 radical (unpaired) electrons. The second-order valence-corrected chi connectivity index (χ2v) is 4.13. The van der Waals surface area contributed by atoms with Crippen LogP contribution in [0.4, 0.5) is 5.13 Å². The van der Waals surface area contributed by atoms with Gasteiger partial charge in [-0.3, -0.25) is 0 Å². The van der Waals surface area contributed by atoms with Gasteiger partial charge in [-0.25, -0.2) is 4.98 Å². The maximum Gasteiger partial charge on any atom is 0.185 e. The lowest BCUT2D eigenvalue weighted by atomic mass is 10.3. The number of hydrogen-bond donors (Lipinski definition) is 1. The summed E-state index contributed by atoms with van der Waals surface area (Å²) in [5.74, 6) is 0. The van der Waals surface area contributed by atoms with Crippen LogP contribution < -0.4 is 9.80 Å². The number of quaternary nitrogens is 1. The first-order valence-electron chi connectivity index (χ1n) is 4.32.